The second-order valence-electron chi connectivity index (χ2n) is 6.01. The van der Waals surface area contributed by atoms with Crippen LogP contribution in [0.5, 0.6) is 0 Å². The number of likely N-dealkylation sites (tertiary alicyclic amines) is 1. The molecule has 0 aromatic heterocycles. The summed E-state index contributed by atoms with van der Waals surface area (Å²) in [5.74, 6) is -0.842. The molecule has 6 heteroatoms. The van der Waals surface area contributed by atoms with Gasteiger partial charge in [-0.3, -0.25) is 4.79 Å². The van der Waals surface area contributed by atoms with Gasteiger partial charge < -0.3 is 15.3 Å². The van der Waals surface area contributed by atoms with Gasteiger partial charge in [-0.25, -0.2) is 4.79 Å². The largest absolute Gasteiger partial charge is 0.481 e. The second-order valence-corrected chi connectivity index (χ2v) is 6.86. The molecule has 1 aromatic rings. The van der Waals surface area contributed by atoms with Crippen LogP contribution in [-0.4, -0.2) is 41.4 Å². The van der Waals surface area contributed by atoms with Crippen LogP contribution < -0.4 is 5.32 Å². The fourth-order valence-corrected chi connectivity index (χ4v) is 3.30. The van der Waals surface area contributed by atoms with E-state index in [2.05, 4.69) is 11.4 Å². The topological polar surface area (TPSA) is 69.6 Å². The number of carbonyl (C=O) groups excluding carboxylic acids is 1. The van der Waals surface area contributed by atoms with Crippen LogP contribution in [0.4, 0.5) is 4.79 Å². The molecular formula is C16H22N2O3S. The van der Waals surface area contributed by atoms with Crippen LogP contribution in [0.15, 0.2) is 23.1 Å². The average molecular weight is 322 g/mol. The van der Waals surface area contributed by atoms with Crippen molar-refractivity contribution in [1.82, 2.24) is 10.2 Å². The van der Waals surface area contributed by atoms with E-state index >= 15 is 0 Å². The Morgan fingerprint density at radius 3 is 2.77 bits per heavy atom. The fraction of sp³-hybridized carbons (Fsp3) is 0.500. The van der Waals surface area contributed by atoms with Crippen molar-refractivity contribution in [3.05, 3.63) is 29.3 Å². The van der Waals surface area contributed by atoms with Crippen LogP contribution in [0.2, 0.25) is 0 Å². The number of carboxylic acid groups (broad SMARTS) is 1. The molecule has 1 heterocycles. The molecule has 1 aliphatic rings. The molecule has 22 heavy (non-hydrogen) atoms. The first-order chi connectivity index (χ1) is 10.4. The standard InChI is InChI=1S/C16H22N2O3S/c1-11-4-5-12(13(8-11)22-3)9-17-15(21)18-7-6-16(2,10-18)14(19)20/h4-5,8H,6-7,9-10H2,1-3H3,(H,17,21)(H,19,20). The molecule has 1 atom stereocenters. The Morgan fingerprint density at radius 1 is 1.45 bits per heavy atom. The number of carboxylic acids is 1. The molecule has 1 aliphatic heterocycles. The Hall–Kier alpha value is -1.69. The normalized spacial score (nSPS) is 21.0. The molecule has 1 unspecified atom stereocenters. The number of amides is 2. The van der Waals surface area contributed by atoms with Crippen LogP contribution in [0, 0.1) is 12.3 Å². The molecule has 0 radical (unpaired) electrons. The van der Waals surface area contributed by atoms with Gasteiger partial charge in [0, 0.05) is 24.5 Å². The zero-order valence-corrected chi connectivity index (χ0v) is 14.0. The van der Waals surface area contributed by atoms with E-state index in [1.165, 1.54) is 5.56 Å². The lowest BCUT2D eigenvalue weighted by molar-refractivity contribution is -0.146. The molecule has 0 bridgehead atoms. The first kappa shape index (κ1) is 16.7. The van der Waals surface area contributed by atoms with Gasteiger partial charge in [-0.05, 0) is 43.7 Å². The lowest BCUT2D eigenvalue weighted by Gasteiger charge is -2.21. The van der Waals surface area contributed by atoms with E-state index in [9.17, 15) is 14.7 Å². The molecule has 0 aliphatic carbocycles. The van der Waals surface area contributed by atoms with E-state index in [4.69, 9.17) is 0 Å². The Kier molecular flexibility index (Phi) is 5.01. The first-order valence-electron chi connectivity index (χ1n) is 7.25. The van der Waals surface area contributed by atoms with Crippen LogP contribution in [0.1, 0.15) is 24.5 Å². The first-order valence-corrected chi connectivity index (χ1v) is 8.48. The second kappa shape index (κ2) is 6.60. The number of aryl methyl sites for hydroxylation is 1. The number of aliphatic carboxylic acids is 1. The molecule has 120 valence electrons. The minimum Gasteiger partial charge on any atom is -0.481 e. The maximum atomic E-state index is 12.2. The monoisotopic (exact) mass is 322 g/mol. The summed E-state index contributed by atoms with van der Waals surface area (Å²) in [4.78, 5) is 26.2. The van der Waals surface area contributed by atoms with E-state index in [1.807, 2.05) is 25.3 Å². The average Bonchev–Trinajstić information content (AvgIpc) is 2.89. The van der Waals surface area contributed by atoms with Crippen LogP contribution in [0.3, 0.4) is 0 Å². The number of nitrogens with zero attached hydrogens (tertiary/aromatic N) is 1. The highest BCUT2D eigenvalue weighted by Crippen LogP contribution is 2.30. The summed E-state index contributed by atoms with van der Waals surface area (Å²) in [7, 11) is 0. The Balaban J connectivity index is 1.95. The lowest BCUT2D eigenvalue weighted by Crippen LogP contribution is -2.40. The van der Waals surface area contributed by atoms with Crippen molar-refractivity contribution in [2.75, 3.05) is 19.3 Å². The molecule has 1 aromatic carbocycles. The minimum atomic E-state index is -0.842. The van der Waals surface area contributed by atoms with Crippen LogP contribution in [-0.2, 0) is 11.3 Å². The predicted octanol–water partition coefficient (Wildman–Crippen LogP) is 2.72. The Bertz CT molecular complexity index is 591. The lowest BCUT2D eigenvalue weighted by atomic mass is 9.90. The number of hydrogen-bond donors (Lipinski definition) is 2. The van der Waals surface area contributed by atoms with Gasteiger partial charge in [0.05, 0.1) is 5.41 Å². The van der Waals surface area contributed by atoms with Crippen molar-refractivity contribution in [1.29, 1.82) is 0 Å². The number of rotatable bonds is 4. The van der Waals surface area contributed by atoms with E-state index in [-0.39, 0.29) is 12.6 Å². The highest BCUT2D eigenvalue weighted by molar-refractivity contribution is 7.98. The zero-order chi connectivity index (χ0) is 16.3. The summed E-state index contributed by atoms with van der Waals surface area (Å²) < 4.78 is 0. The Labute approximate surface area is 135 Å². The van der Waals surface area contributed by atoms with E-state index in [1.54, 1.807) is 23.6 Å². The molecular weight excluding hydrogens is 300 g/mol. The maximum Gasteiger partial charge on any atom is 0.317 e. The number of hydrogen-bond acceptors (Lipinski definition) is 3. The van der Waals surface area contributed by atoms with Gasteiger partial charge in [-0.15, -0.1) is 11.8 Å². The molecule has 2 N–H and O–H groups in total. The predicted molar refractivity (Wildman–Crippen MR) is 87.1 cm³/mol. The summed E-state index contributed by atoms with van der Waals surface area (Å²) >= 11 is 1.65. The molecule has 1 fully saturated rings. The van der Waals surface area contributed by atoms with Crippen molar-refractivity contribution in [3.63, 3.8) is 0 Å². The van der Waals surface area contributed by atoms with Gasteiger partial charge in [0.2, 0.25) is 0 Å². The minimum absolute atomic E-state index is 0.197. The van der Waals surface area contributed by atoms with E-state index in [0.717, 1.165) is 10.5 Å². The number of nitrogens with one attached hydrogen (secondary N) is 1. The number of thioether (sulfide) groups is 1. The number of urea groups is 1. The molecule has 2 amide bonds. The zero-order valence-electron chi connectivity index (χ0n) is 13.2. The summed E-state index contributed by atoms with van der Waals surface area (Å²) in [5, 5.41) is 12.1. The number of carbonyl (C=O) groups is 2. The van der Waals surface area contributed by atoms with Crippen molar-refractivity contribution in [2.45, 2.75) is 31.7 Å². The molecule has 2 rings (SSSR count). The summed E-state index contributed by atoms with van der Waals surface area (Å²) in [6, 6.07) is 5.95. The molecule has 5 nitrogen and oxygen atoms in total. The Morgan fingerprint density at radius 2 is 2.18 bits per heavy atom. The summed E-state index contributed by atoms with van der Waals surface area (Å²) in [6.07, 6.45) is 2.51. The van der Waals surface area contributed by atoms with Crippen molar-refractivity contribution >= 4 is 23.8 Å². The van der Waals surface area contributed by atoms with Gasteiger partial charge in [0.1, 0.15) is 0 Å². The smallest absolute Gasteiger partial charge is 0.317 e. The van der Waals surface area contributed by atoms with Crippen molar-refractivity contribution in [2.24, 2.45) is 5.41 Å². The quantitative estimate of drug-likeness (QED) is 0.836. The molecule has 0 spiro atoms. The van der Waals surface area contributed by atoms with Crippen molar-refractivity contribution in [3.8, 4) is 0 Å². The van der Waals surface area contributed by atoms with Crippen LogP contribution >= 0.6 is 11.8 Å². The third kappa shape index (κ3) is 3.55. The third-order valence-electron chi connectivity index (χ3n) is 4.15. The van der Waals surface area contributed by atoms with Gasteiger partial charge in [0.15, 0.2) is 0 Å². The van der Waals surface area contributed by atoms with E-state index < -0.39 is 11.4 Å². The summed E-state index contributed by atoms with van der Waals surface area (Å²) in [6.45, 7) is 4.93. The van der Waals surface area contributed by atoms with Gasteiger partial charge in [0.25, 0.3) is 0 Å². The van der Waals surface area contributed by atoms with Gasteiger partial charge in [-0.1, -0.05) is 12.1 Å². The van der Waals surface area contributed by atoms with Gasteiger partial charge >= 0.3 is 12.0 Å². The SMILES string of the molecule is CSc1cc(C)ccc1CNC(=O)N1CCC(C)(C(=O)O)C1. The maximum absolute atomic E-state index is 12.2. The fourth-order valence-electron chi connectivity index (χ4n) is 2.59. The summed E-state index contributed by atoms with van der Waals surface area (Å²) in [5.41, 5.74) is 1.44. The molecule has 1 saturated heterocycles. The number of benzene rings is 1. The highest BCUT2D eigenvalue weighted by Gasteiger charge is 2.42. The highest BCUT2D eigenvalue weighted by atomic mass is 32.2. The van der Waals surface area contributed by atoms with Gasteiger partial charge in [-0.2, -0.15) is 0 Å². The van der Waals surface area contributed by atoms with Crippen LogP contribution in [0.25, 0.3) is 0 Å². The van der Waals surface area contributed by atoms with Crippen molar-refractivity contribution < 1.29 is 14.7 Å². The molecule has 0 saturated carbocycles. The third-order valence-corrected chi connectivity index (χ3v) is 4.97. The van der Waals surface area contributed by atoms with E-state index in [0.29, 0.717) is 19.5 Å².